The van der Waals surface area contributed by atoms with Crippen LogP contribution in [0.1, 0.15) is 66.2 Å². The summed E-state index contributed by atoms with van der Waals surface area (Å²) < 4.78 is 37.7. The highest BCUT2D eigenvalue weighted by Gasteiger charge is 2.73. The predicted molar refractivity (Wildman–Crippen MR) is 122 cm³/mol. The molecule has 6 unspecified atom stereocenters. The molecule has 0 aromatic rings. The van der Waals surface area contributed by atoms with Crippen LogP contribution in [-0.4, -0.2) is 47.2 Å². The molecule has 0 spiro atoms. The third kappa shape index (κ3) is 3.52. The number of aliphatic hydroxyl groups is 1. The van der Waals surface area contributed by atoms with Crippen LogP contribution in [0.25, 0.3) is 0 Å². The number of hydrogen-bond donors (Lipinski definition) is 1. The van der Waals surface area contributed by atoms with Gasteiger partial charge in [0.2, 0.25) is 0 Å². The van der Waals surface area contributed by atoms with Crippen LogP contribution in [0.3, 0.4) is 0 Å². The first-order chi connectivity index (χ1) is 15.9. The molecule has 0 bridgehead atoms. The van der Waals surface area contributed by atoms with Crippen LogP contribution in [0.2, 0.25) is 0 Å². The summed E-state index contributed by atoms with van der Waals surface area (Å²) in [5.41, 5.74) is -4.21. The van der Waals surface area contributed by atoms with Crippen molar-refractivity contribution in [2.75, 3.05) is 6.61 Å². The van der Waals surface area contributed by atoms with E-state index in [-0.39, 0.29) is 54.8 Å². The number of halogens is 2. The molecule has 0 heterocycles. The van der Waals surface area contributed by atoms with Gasteiger partial charge in [-0.2, -0.15) is 0 Å². The number of aliphatic hydroxyl groups excluding tert-OH is 1. The van der Waals surface area contributed by atoms with E-state index in [1.54, 1.807) is 6.92 Å². The van der Waals surface area contributed by atoms with E-state index in [0.29, 0.717) is 12.8 Å². The Balaban J connectivity index is 1.63. The maximum absolute atomic E-state index is 17.1. The minimum Gasteiger partial charge on any atom is -0.458 e. The van der Waals surface area contributed by atoms with Crippen molar-refractivity contribution in [2.45, 2.75) is 84.2 Å². The number of carbonyl (C=O) groups is 3. The lowest BCUT2D eigenvalue weighted by atomic mass is 9.45. The van der Waals surface area contributed by atoms with Gasteiger partial charge in [0, 0.05) is 23.7 Å². The highest BCUT2D eigenvalue weighted by atomic mass is 19.1. The third-order valence-electron chi connectivity index (χ3n) is 9.43. The van der Waals surface area contributed by atoms with Gasteiger partial charge in [-0.25, -0.2) is 8.78 Å². The standard InChI is InChI=1S/C27H36F2O5/c1-5-6-7-23(33)34-14-21(31)24-15(2)10-17-18-12-20(28)19-11-16(30)8-9-26(19,4)27(18,29)22(32)13-25(17,24)3/h8-9,11,15,17-18,20,22,24,32H,5-7,10,12-14H2,1-4H3/t15?,17?,18?,20?,22?,24?,25-,26+,27+/m1/s1. The van der Waals surface area contributed by atoms with Crippen LogP contribution in [0, 0.1) is 34.5 Å². The van der Waals surface area contributed by atoms with Crippen LogP contribution >= 0.6 is 0 Å². The second-order valence-electron chi connectivity index (χ2n) is 11.4. The number of hydrogen-bond acceptors (Lipinski definition) is 5. The quantitative estimate of drug-likeness (QED) is 0.570. The molecule has 4 aliphatic rings. The van der Waals surface area contributed by atoms with Crippen molar-refractivity contribution >= 4 is 17.5 Å². The van der Waals surface area contributed by atoms with Gasteiger partial charge in [-0.1, -0.05) is 33.3 Å². The van der Waals surface area contributed by atoms with Crippen molar-refractivity contribution in [1.82, 2.24) is 0 Å². The average molecular weight is 479 g/mol. The first kappa shape index (κ1) is 25.2. The van der Waals surface area contributed by atoms with E-state index in [4.69, 9.17) is 4.74 Å². The molecule has 0 aliphatic heterocycles. The Morgan fingerprint density at radius 1 is 1.24 bits per heavy atom. The Morgan fingerprint density at radius 3 is 2.62 bits per heavy atom. The van der Waals surface area contributed by atoms with Gasteiger partial charge in [0.05, 0.1) is 6.10 Å². The zero-order chi connectivity index (χ0) is 25.1. The first-order valence-corrected chi connectivity index (χ1v) is 12.5. The number of ketones is 2. The second-order valence-corrected chi connectivity index (χ2v) is 11.4. The number of unbranched alkanes of at least 4 members (excludes halogenated alkanes) is 1. The van der Waals surface area contributed by atoms with Crippen molar-refractivity contribution in [1.29, 1.82) is 0 Å². The summed E-state index contributed by atoms with van der Waals surface area (Å²) in [6, 6.07) is 0. The van der Waals surface area contributed by atoms with Gasteiger partial charge in [-0.05, 0) is 67.6 Å². The fourth-order valence-corrected chi connectivity index (χ4v) is 7.89. The smallest absolute Gasteiger partial charge is 0.306 e. The Hall–Kier alpha value is -1.89. The molecule has 5 nitrogen and oxygen atoms in total. The SMILES string of the molecule is CCCCC(=O)OCC(=O)C1C(C)CC2C3CC(F)C4=CC(=O)C=C[C@]4(C)[C@@]3(F)C(O)C[C@]21C. The maximum atomic E-state index is 17.1. The maximum Gasteiger partial charge on any atom is 0.306 e. The number of rotatable bonds is 6. The van der Waals surface area contributed by atoms with Gasteiger partial charge in [0.25, 0.3) is 0 Å². The predicted octanol–water partition coefficient (Wildman–Crippen LogP) is 4.47. The molecule has 0 aromatic heterocycles. The lowest BCUT2D eigenvalue weighted by Gasteiger charge is -2.62. The number of carbonyl (C=O) groups excluding carboxylic acids is 3. The summed E-state index contributed by atoms with van der Waals surface area (Å²) >= 11 is 0. The minimum absolute atomic E-state index is 0.0524. The van der Waals surface area contributed by atoms with E-state index >= 15 is 8.78 Å². The molecule has 7 heteroatoms. The van der Waals surface area contributed by atoms with Crippen LogP contribution in [0.15, 0.2) is 23.8 Å². The minimum atomic E-state index is -2.15. The molecule has 4 rings (SSSR count). The van der Waals surface area contributed by atoms with Gasteiger partial charge in [-0.3, -0.25) is 14.4 Å². The highest BCUT2D eigenvalue weighted by molar-refractivity contribution is 6.01. The molecule has 34 heavy (non-hydrogen) atoms. The molecule has 4 aliphatic carbocycles. The van der Waals surface area contributed by atoms with Crippen LogP contribution in [0.4, 0.5) is 8.78 Å². The van der Waals surface area contributed by atoms with Gasteiger partial charge in [0.15, 0.2) is 17.2 Å². The Morgan fingerprint density at radius 2 is 1.94 bits per heavy atom. The van der Waals surface area contributed by atoms with E-state index in [2.05, 4.69) is 0 Å². The number of alkyl halides is 2. The number of esters is 1. The Bertz CT molecular complexity index is 943. The average Bonchev–Trinajstić information content (AvgIpc) is 3.03. The molecular weight excluding hydrogens is 442 g/mol. The summed E-state index contributed by atoms with van der Waals surface area (Å²) in [6.45, 7) is 7.03. The molecule has 3 fully saturated rings. The van der Waals surface area contributed by atoms with E-state index in [9.17, 15) is 19.5 Å². The van der Waals surface area contributed by atoms with Crippen LogP contribution in [-0.2, 0) is 19.1 Å². The summed E-state index contributed by atoms with van der Waals surface area (Å²) in [6.07, 6.45) is 3.20. The summed E-state index contributed by atoms with van der Waals surface area (Å²) in [5.74, 6) is -2.75. The van der Waals surface area contributed by atoms with Crippen molar-refractivity contribution in [3.05, 3.63) is 23.8 Å². The third-order valence-corrected chi connectivity index (χ3v) is 9.43. The molecule has 0 radical (unpaired) electrons. The molecule has 9 atom stereocenters. The second kappa shape index (κ2) is 8.65. The Kier molecular flexibility index (Phi) is 6.41. The van der Waals surface area contributed by atoms with E-state index in [1.807, 2.05) is 20.8 Å². The van der Waals surface area contributed by atoms with Gasteiger partial charge in [0.1, 0.15) is 12.8 Å². The molecule has 1 N–H and O–H groups in total. The Labute approximate surface area is 200 Å². The lowest BCUT2D eigenvalue weighted by Crippen LogP contribution is -2.68. The van der Waals surface area contributed by atoms with E-state index < -0.39 is 46.6 Å². The zero-order valence-electron chi connectivity index (χ0n) is 20.5. The van der Waals surface area contributed by atoms with E-state index in [0.717, 1.165) is 6.42 Å². The summed E-state index contributed by atoms with van der Waals surface area (Å²) in [4.78, 5) is 37.1. The number of ether oxygens (including phenoxy) is 1. The monoisotopic (exact) mass is 478 g/mol. The van der Waals surface area contributed by atoms with E-state index in [1.165, 1.54) is 18.2 Å². The first-order valence-electron chi connectivity index (χ1n) is 12.5. The molecule has 0 saturated heterocycles. The van der Waals surface area contributed by atoms with Gasteiger partial charge in [-0.15, -0.1) is 0 Å². The fourth-order valence-electron chi connectivity index (χ4n) is 7.89. The fraction of sp³-hybridized carbons (Fsp3) is 0.741. The molecule has 0 amide bonds. The number of allylic oxidation sites excluding steroid dienone is 4. The summed E-state index contributed by atoms with van der Waals surface area (Å²) in [5, 5.41) is 11.3. The molecule has 188 valence electrons. The van der Waals surface area contributed by atoms with Crippen molar-refractivity contribution in [3.8, 4) is 0 Å². The van der Waals surface area contributed by atoms with Crippen LogP contribution < -0.4 is 0 Å². The largest absolute Gasteiger partial charge is 0.458 e. The van der Waals surface area contributed by atoms with Gasteiger partial charge < -0.3 is 9.84 Å². The number of Topliss-reactive ketones (excluding diaryl/α,β-unsaturated/α-hetero) is 1. The van der Waals surface area contributed by atoms with Gasteiger partial charge >= 0.3 is 5.97 Å². The molecule has 0 aromatic carbocycles. The highest BCUT2D eigenvalue weighted by Crippen LogP contribution is 2.70. The summed E-state index contributed by atoms with van der Waals surface area (Å²) in [7, 11) is 0. The van der Waals surface area contributed by atoms with Crippen LogP contribution in [0.5, 0.6) is 0 Å². The number of fused-ring (bicyclic) bond motifs is 5. The van der Waals surface area contributed by atoms with Crippen molar-refractivity contribution < 1.29 is 33.0 Å². The lowest BCUT2D eigenvalue weighted by molar-refractivity contribution is -0.202. The normalized spacial score (nSPS) is 45.1. The van der Waals surface area contributed by atoms with Crippen molar-refractivity contribution in [3.63, 3.8) is 0 Å². The zero-order valence-corrected chi connectivity index (χ0v) is 20.5. The molecule has 3 saturated carbocycles. The topological polar surface area (TPSA) is 80.7 Å². The van der Waals surface area contributed by atoms with Crippen molar-refractivity contribution in [2.24, 2.45) is 34.5 Å². The molecular formula is C27H36F2O5.